The summed E-state index contributed by atoms with van der Waals surface area (Å²) in [4.78, 5) is 17.6. The minimum Gasteiger partial charge on any atom is -0.341 e. The van der Waals surface area contributed by atoms with Gasteiger partial charge in [-0.25, -0.2) is 0 Å². The van der Waals surface area contributed by atoms with E-state index in [4.69, 9.17) is 11.6 Å². The number of hydrogen-bond acceptors (Lipinski definition) is 2. The summed E-state index contributed by atoms with van der Waals surface area (Å²) in [6.07, 6.45) is 4.69. The third-order valence-corrected chi connectivity index (χ3v) is 5.77. The molecule has 1 aromatic carbocycles. The minimum atomic E-state index is 0.203. The van der Waals surface area contributed by atoms with Gasteiger partial charge in [-0.2, -0.15) is 0 Å². The first-order chi connectivity index (χ1) is 10.7. The SMILES string of the molecule is O=C([C@@H]1C[C@@H]1c1ccc(Cl)cc1)N1CCCN2CCC[C@H]2C1. The predicted molar refractivity (Wildman–Crippen MR) is 88.1 cm³/mol. The maximum atomic E-state index is 12.8. The molecule has 3 aliphatic rings. The van der Waals surface area contributed by atoms with Crippen LogP contribution in [0.5, 0.6) is 0 Å². The van der Waals surface area contributed by atoms with Gasteiger partial charge in [0.05, 0.1) is 0 Å². The van der Waals surface area contributed by atoms with Crippen molar-refractivity contribution < 1.29 is 4.79 Å². The molecule has 1 aromatic rings. The van der Waals surface area contributed by atoms with Crippen LogP contribution in [-0.2, 0) is 4.79 Å². The van der Waals surface area contributed by atoms with Crippen LogP contribution in [0.25, 0.3) is 0 Å². The third-order valence-electron chi connectivity index (χ3n) is 5.52. The van der Waals surface area contributed by atoms with Gasteiger partial charge in [0.25, 0.3) is 0 Å². The van der Waals surface area contributed by atoms with Gasteiger partial charge in [0.2, 0.25) is 5.91 Å². The van der Waals surface area contributed by atoms with E-state index in [9.17, 15) is 4.79 Å². The van der Waals surface area contributed by atoms with Crippen molar-refractivity contribution in [2.75, 3.05) is 26.2 Å². The highest BCUT2D eigenvalue weighted by molar-refractivity contribution is 6.30. The van der Waals surface area contributed by atoms with Crippen molar-refractivity contribution in [3.8, 4) is 0 Å². The maximum Gasteiger partial charge on any atom is 0.226 e. The Morgan fingerprint density at radius 2 is 1.86 bits per heavy atom. The molecule has 0 unspecified atom stereocenters. The van der Waals surface area contributed by atoms with Crippen molar-refractivity contribution in [3.63, 3.8) is 0 Å². The molecule has 0 bridgehead atoms. The molecule has 0 radical (unpaired) electrons. The summed E-state index contributed by atoms with van der Waals surface area (Å²) in [6, 6.07) is 8.61. The molecule has 1 amide bonds. The third kappa shape index (κ3) is 2.77. The molecule has 1 aliphatic carbocycles. The second kappa shape index (κ2) is 5.86. The topological polar surface area (TPSA) is 23.6 Å². The van der Waals surface area contributed by atoms with E-state index in [1.807, 2.05) is 12.1 Å². The zero-order valence-corrected chi connectivity index (χ0v) is 13.6. The number of fused-ring (bicyclic) bond motifs is 1. The number of hydrogen-bond donors (Lipinski definition) is 0. The maximum absolute atomic E-state index is 12.8. The average Bonchev–Trinajstić information content (AvgIpc) is 3.25. The average molecular weight is 319 g/mol. The number of halogens is 1. The Bertz CT molecular complexity index is 559. The molecular formula is C18H23ClN2O. The lowest BCUT2D eigenvalue weighted by molar-refractivity contribution is -0.132. The molecule has 22 heavy (non-hydrogen) atoms. The van der Waals surface area contributed by atoms with Gasteiger partial charge in [-0.3, -0.25) is 9.69 Å². The standard InChI is InChI=1S/C18H23ClN2O/c19-14-6-4-13(5-7-14)16-11-17(16)18(22)21-10-2-9-20-8-1-3-15(20)12-21/h4-7,15-17H,1-3,8-12H2/t15-,16+,17+/m0/s1. The molecule has 0 spiro atoms. The molecule has 2 saturated heterocycles. The molecule has 2 aliphatic heterocycles. The number of amides is 1. The Morgan fingerprint density at radius 3 is 2.68 bits per heavy atom. The fourth-order valence-corrected chi connectivity index (χ4v) is 4.31. The highest BCUT2D eigenvalue weighted by Gasteiger charge is 2.46. The molecule has 3 nitrogen and oxygen atoms in total. The van der Waals surface area contributed by atoms with Gasteiger partial charge in [0.1, 0.15) is 0 Å². The minimum absolute atomic E-state index is 0.203. The van der Waals surface area contributed by atoms with Crippen LogP contribution in [0, 0.1) is 5.92 Å². The van der Waals surface area contributed by atoms with E-state index in [2.05, 4.69) is 21.9 Å². The van der Waals surface area contributed by atoms with Crippen molar-refractivity contribution >= 4 is 17.5 Å². The summed E-state index contributed by atoms with van der Waals surface area (Å²) < 4.78 is 0. The van der Waals surface area contributed by atoms with E-state index in [0.717, 1.165) is 31.0 Å². The monoisotopic (exact) mass is 318 g/mol. The van der Waals surface area contributed by atoms with Crippen LogP contribution in [0.1, 0.15) is 37.2 Å². The fourth-order valence-electron chi connectivity index (χ4n) is 4.19. The van der Waals surface area contributed by atoms with Gasteiger partial charge >= 0.3 is 0 Å². The highest BCUT2D eigenvalue weighted by Crippen LogP contribution is 2.48. The van der Waals surface area contributed by atoms with E-state index in [0.29, 0.717) is 17.9 Å². The lowest BCUT2D eigenvalue weighted by atomic mass is 10.1. The predicted octanol–water partition coefficient (Wildman–Crippen LogP) is 3.14. The van der Waals surface area contributed by atoms with Crippen LogP contribution < -0.4 is 0 Å². The van der Waals surface area contributed by atoms with E-state index >= 15 is 0 Å². The number of nitrogens with zero attached hydrogens (tertiary/aromatic N) is 2. The number of carbonyl (C=O) groups excluding carboxylic acids is 1. The Balaban J connectivity index is 1.41. The van der Waals surface area contributed by atoms with Crippen molar-refractivity contribution in [1.29, 1.82) is 0 Å². The van der Waals surface area contributed by atoms with E-state index in [1.165, 1.54) is 31.5 Å². The molecule has 0 N–H and O–H groups in total. The second-order valence-electron chi connectivity index (χ2n) is 6.97. The lowest BCUT2D eigenvalue weighted by Crippen LogP contribution is -2.40. The van der Waals surface area contributed by atoms with Gasteiger partial charge in [-0.15, -0.1) is 0 Å². The van der Waals surface area contributed by atoms with Crippen LogP contribution in [0.15, 0.2) is 24.3 Å². The normalized spacial score (nSPS) is 31.7. The van der Waals surface area contributed by atoms with E-state index in [-0.39, 0.29) is 5.92 Å². The summed E-state index contributed by atoms with van der Waals surface area (Å²) in [5, 5.41) is 0.765. The number of carbonyl (C=O) groups is 1. The van der Waals surface area contributed by atoms with Crippen molar-refractivity contribution in [2.24, 2.45) is 5.92 Å². The number of benzene rings is 1. The van der Waals surface area contributed by atoms with Gasteiger partial charge in [0.15, 0.2) is 0 Å². The quantitative estimate of drug-likeness (QED) is 0.836. The molecule has 3 fully saturated rings. The highest BCUT2D eigenvalue weighted by atomic mass is 35.5. The summed E-state index contributed by atoms with van der Waals surface area (Å²) in [5.41, 5.74) is 1.26. The van der Waals surface area contributed by atoms with Crippen LogP contribution >= 0.6 is 11.6 Å². The van der Waals surface area contributed by atoms with E-state index < -0.39 is 0 Å². The van der Waals surface area contributed by atoms with Crippen LogP contribution in [0.2, 0.25) is 5.02 Å². The van der Waals surface area contributed by atoms with Crippen LogP contribution in [-0.4, -0.2) is 47.9 Å². The molecule has 2 heterocycles. The van der Waals surface area contributed by atoms with Gasteiger partial charge in [-0.1, -0.05) is 23.7 Å². The Kier molecular flexibility index (Phi) is 3.87. The first kappa shape index (κ1) is 14.5. The zero-order chi connectivity index (χ0) is 15.1. The fraction of sp³-hybridized carbons (Fsp3) is 0.611. The van der Waals surface area contributed by atoms with Gasteiger partial charge in [0, 0.05) is 36.6 Å². The van der Waals surface area contributed by atoms with E-state index in [1.54, 1.807) is 0 Å². The Labute approximate surface area is 137 Å². The molecule has 0 aromatic heterocycles. The molecule has 1 saturated carbocycles. The smallest absolute Gasteiger partial charge is 0.226 e. The molecule has 4 rings (SSSR count). The Morgan fingerprint density at radius 1 is 1.09 bits per heavy atom. The first-order valence-corrected chi connectivity index (χ1v) is 8.88. The second-order valence-corrected chi connectivity index (χ2v) is 7.41. The summed E-state index contributed by atoms with van der Waals surface area (Å²) in [6.45, 7) is 4.28. The molecular weight excluding hydrogens is 296 g/mol. The molecule has 3 atom stereocenters. The van der Waals surface area contributed by atoms with Crippen molar-refractivity contribution in [2.45, 2.75) is 37.6 Å². The lowest BCUT2D eigenvalue weighted by Gasteiger charge is -2.26. The summed E-state index contributed by atoms with van der Waals surface area (Å²) in [5.74, 6) is 0.996. The summed E-state index contributed by atoms with van der Waals surface area (Å²) >= 11 is 5.95. The molecule has 118 valence electrons. The van der Waals surface area contributed by atoms with Gasteiger partial charge < -0.3 is 4.90 Å². The van der Waals surface area contributed by atoms with Crippen molar-refractivity contribution in [3.05, 3.63) is 34.9 Å². The van der Waals surface area contributed by atoms with Crippen molar-refractivity contribution in [1.82, 2.24) is 9.80 Å². The Hall–Kier alpha value is -1.06. The zero-order valence-electron chi connectivity index (χ0n) is 12.9. The molecule has 4 heteroatoms. The van der Waals surface area contributed by atoms with Crippen LogP contribution in [0.4, 0.5) is 0 Å². The van der Waals surface area contributed by atoms with Gasteiger partial charge in [-0.05, 0) is 55.8 Å². The first-order valence-electron chi connectivity index (χ1n) is 8.50. The van der Waals surface area contributed by atoms with Crippen LogP contribution in [0.3, 0.4) is 0 Å². The largest absolute Gasteiger partial charge is 0.341 e. The number of rotatable bonds is 2. The summed E-state index contributed by atoms with van der Waals surface area (Å²) in [7, 11) is 0.